The van der Waals surface area contributed by atoms with Crippen molar-refractivity contribution in [2.75, 3.05) is 34.4 Å². The Bertz CT molecular complexity index is 766. The van der Waals surface area contributed by atoms with Gasteiger partial charge in [0.15, 0.2) is 6.79 Å². The lowest BCUT2D eigenvalue weighted by atomic mass is 9.55. The van der Waals surface area contributed by atoms with E-state index >= 15 is 0 Å². The number of aliphatic hydroxyl groups is 1. The van der Waals surface area contributed by atoms with Gasteiger partial charge in [0.05, 0.1) is 6.10 Å². The first-order valence-electron chi connectivity index (χ1n) is 11.6. The standard InChI is InChI=1S/C25H36O5/c1-25-10-8-17-16-5-4-15(29-13-27-2)12-19(16)22-18(9-11-26)24(22)23(17)20(25)6-7-21(25)30-14-28-3/h4-5,12,17-18,20-24,26H,6-11,13-14H2,1-3H3/t17-,18?,20+,21+,22+,23-,24?,25+/m1/s1. The van der Waals surface area contributed by atoms with Gasteiger partial charge < -0.3 is 24.1 Å². The minimum Gasteiger partial charge on any atom is -0.468 e. The van der Waals surface area contributed by atoms with Crippen LogP contribution < -0.4 is 4.74 Å². The fraction of sp³-hybridized carbons (Fsp3) is 0.760. The predicted octanol–water partition coefficient (Wildman–Crippen LogP) is 4.29. The molecule has 5 heteroatoms. The highest BCUT2D eigenvalue weighted by Crippen LogP contribution is 2.73. The highest BCUT2D eigenvalue weighted by atomic mass is 16.7. The monoisotopic (exact) mass is 416 g/mol. The number of aliphatic hydroxyl groups excluding tert-OH is 1. The van der Waals surface area contributed by atoms with Crippen LogP contribution in [0, 0.1) is 29.1 Å². The molecular weight excluding hydrogens is 380 g/mol. The topological polar surface area (TPSA) is 57.2 Å². The van der Waals surface area contributed by atoms with E-state index in [-0.39, 0.29) is 18.8 Å². The molecule has 0 radical (unpaired) electrons. The Labute approximate surface area is 180 Å². The van der Waals surface area contributed by atoms with Crippen LogP contribution in [0.3, 0.4) is 0 Å². The van der Waals surface area contributed by atoms with Crippen LogP contribution in [0.2, 0.25) is 0 Å². The quantitative estimate of drug-likeness (QED) is 0.641. The minimum absolute atomic E-state index is 0.246. The Hall–Kier alpha value is -1.14. The van der Waals surface area contributed by atoms with Gasteiger partial charge in [0.2, 0.25) is 0 Å². The van der Waals surface area contributed by atoms with E-state index < -0.39 is 0 Å². The van der Waals surface area contributed by atoms with Gasteiger partial charge in [0.25, 0.3) is 0 Å². The van der Waals surface area contributed by atoms with Gasteiger partial charge in [-0.2, -0.15) is 0 Å². The predicted molar refractivity (Wildman–Crippen MR) is 113 cm³/mol. The van der Waals surface area contributed by atoms with E-state index in [9.17, 15) is 5.11 Å². The molecule has 2 unspecified atom stereocenters. The van der Waals surface area contributed by atoms with Gasteiger partial charge in [-0.1, -0.05) is 13.0 Å². The van der Waals surface area contributed by atoms with Gasteiger partial charge in [-0.15, -0.1) is 0 Å². The number of rotatable bonds is 8. The first-order chi connectivity index (χ1) is 14.6. The van der Waals surface area contributed by atoms with E-state index in [2.05, 4.69) is 25.1 Å². The Morgan fingerprint density at radius 3 is 2.63 bits per heavy atom. The zero-order chi connectivity index (χ0) is 20.9. The van der Waals surface area contributed by atoms with Gasteiger partial charge in [-0.05, 0) is 96.3 Å². The summed E-state index contributed by atoms with van der Waals surface area (Å²) in [6, 6.07) is 6.69. The number of fused-ring (bicyclic) bond motifs is 8. The number of benzene rings is 1. The van der Waals surface area contributed by atoms with E-state index in [0.717, 1.165) is 18.6 Å². The van der Waals surface area contributed by atoms with E-state index in [4.69, 9.17) is 18.9 Å². The Balaban J connectivity index is 1.47. The first kappa shape index (κ1) is 20.7. The molecular formula is C25H36O5. The molecule has 0 spiro atoms. The lowest BCUT2D eigenvalue weighted by Crippen LogP contribution is -2.45. The molecule has 30 heavy (non-hydrogen) atoms. The summed E-state index contributed by atoms with van der Waals surface area (Å²) in [5.41, 5.74) is 3.26. The molecule has 166 valence electrons. The van der Waals surface area contributed by atoms with Crippen molar-refractivity contribution in [3.8, 4) is 5.75 Å². The SMILES string of the molecule is COCOc1ccc2c(c1)[C@@H]1C(CCO)C1[C@@H]1[C@@H]2CC[C@]2(C)[C@@H](OCOC)CC[C@@H]12. The van der Waals surface area contributed by atoms with Crippen LogP contribution in [0.1, 0.15) is 62.0 Å². The number of methoxy groups -OCH3 is 2. The summed E-state index contributed by atoms with van der Waals surface area (Å²) in [6.45, 7) is 3.43. The maximum atomic E-state index is 9.74. The van der Waals surface area contributed by atoms with Crippen molar-refractivity contribution in [1.29, 1.82) is 0 Å². The Kier molecular flexibility index (Phi) is 5.59. The van der Waals surface area contributed by atoms with Gasteiger partial charge >= 0.3 is 0 Å². The van der Waals surface area contributed by atoms with Crippen LogP contribution in [0.25, 0.3) is 0 Å². The highest BCUT2D eigenvalue weighted by Gasteiger charge is 2.66. The molecule has 3 saturated carbocycles. The number of hydrogen-bond acceptors (Lipinski definition) is 5. The second kappa shape index (κ2) is 8.09. The molecule has 1 N–H and O–H groups in total. The molecule has 0 aliphatic heterocycles. The smallest absolute Gasteiger partial charge is 0.188 e. The Morgan fingerprint density at radius 2 is 1.87 bits per heavy atom. The second-order valence-corrected chi connectivity index (χ2v) is 10.1. The third-order valence-corrected chi connectivity index (χ3v) is 8.93. The lowest BCUT2D eigenvalue weighted by molar-refractivity contribution is -0.126. The average Bonchev–Trinajstić information content (AvgIpc) is 3.36. The third kappa shape index (κ3) is 3.12. The largest absolute Gasteiger partial charge is 0.468 e. The van der Waals surface area contributed by atoms with E-state index in [1.165, 1.54) is 30.4 Å². The Morgan fingerprint density at radius 1 is 1.03 bits per heavy atom. The normalized spacial score (nSPS) is 40.9. The molecule has 4 aliphatic rings. The summed E-state index contributed by atoms with van der Waals surface area (Å²) in [6.07, 6.45) is 6.07. The zero-order valence-electron chi connectivity index (χ0n) is 18.5. The molecule has 1 aromatic carbocycles. The summed E-state index contributed by atoms with van der Waals surface area (Å²) in [5, 5.41) is 9.74. The second-order valence-electron chi connectivity index (χ2n) is 10.1. The molecule has 8 atom stereocenters. The van der Waals surface area contributed by atoms with Crippen LogP contribution in [-0.2, 0) is 14.2 Å². The summed E-state index contributed by atoms with van der Waals surface area (Å²) < 4.78 is 22.2. The van der Waals surface area contributed by atoms with Crippen molar-refractivity contribution in [2.24, 2.45) is 29.1 Å². The van der Waals surface area contributed by atoms with Crippen LogP contribution in [0.15, 0.2) is 18.2 Å². The van der Waals surface area contributed by atoms with Crippen molar-refractivity contribution < 1.29 is 24.1 Å². The third-order valence-electron chi connectivity index (χ3n) is 8.93. The fourth-order valence-electron chi connectivity index (χ4n) is 7.75. The molecule has 0 aromatic heterocycles. The molecule has 5 nitrogen and oxygen atoms in total. The van der Waals surface area contributed by atoms with E-state index in [1.54, 1.807) is 14.2 Å². The van der Waals surface area contributed by atoms with Gasteiger partial charge in [0.1, 0.15) is 12.5 Å². The number of ether oxygens (including phenoxy) is 4. The van der Waals surface area contributed by atoms with Crippen molar-refractivity contribution in [3.63, 3.8) is 0 Å². The van der Waals surface area contributed by atoms with Crippen molar-refractivity contribution in [1.82, 2.24) is 0 Å². The maximum absolute atomic E-state index is 9.74. The zero-order valence-corrected chi connectivity index (χ0v) is 18.5. The summed E-state index contributed by atoms with van der Waals surface area (Å²) >= 11 is 0. The van der Waals surface area contributed by atoms with Crippen LogP contribution in [0.4, 0.5) is 0 Å². The molecule has 0 heterocycles. The van der Waals surface area contributed by atoms with Crippen molar-refractivity contribution >= 4 is 0 Å². The molecule has 0 saturated heterocycles. The van der Waals surface area contributed by atoms with Crippen LogP contribution >= 0.6 is 0 Å². The first-order valence-corrected chi connectivity index (χ1v) is 11.6. The van der Waals surface area contributed by atoms with Crippen molar-refractivity contribution in [2.45, 2.75) is 57.0 Å². The van der Waals surface area contributed by atoms with E-state index in [1.807, 2.05) is 0 Å². The summed E-state index contributed by atoms with van der Waals surface area (Å²) in [7, 11) is 3.37. The van der Waals surface area contributed by atoms with E-state index in [0.29, 0.717) is 48.4 Å². The summed E-state index contributed by atoms with van der Waals surface area (Å²) in [4.78, 5) is 0. The fourth-order valence-corrected chi connectivity index (χ4v) is 7.75. The van der Waals surface area contributed by atoms with Crippen LogP contribution in [0.5, 0.6) is 5.75 Å². The van der Waals surface area contributed by atoms with Gasteiger partial charge in [-0.25, -0.2) is 0 Å². The van der Waals surface area contributed by atoms with Gasteiger partial charge in [0, 0.05) is 20.8 Å². The summed E-state index contributed by atoms with van der Waals surface area (Å²) in [5.74, 6) is 4.80. The lowest BCUT2D eigenvalue weighted by Gasteiger charge is -2.50. The van der Waals surface area contributed by atoms with Gasteiger partial charge in [-0.3, -0.25) is 0 Å². The molecule has 1 aromatic rings. The highest BCUT2D eigenvalue weighted by molar-refractivity contribution is 5.48. The molecule has 3 fully saturated rings. The minimum atomic E-state index is 0.246. The maximum Gasteiger partial charge on any atom is 0.188 e. The molecule has 0 bridgehead atoms. The number of hydrogen-bond donors (Lipinski definition) is 1. The van der Waals surface area contributed by atoms with Crippen molar-refractivity contribution in [3.05, 3.63) is 29.3 Å². The average molecular weight is 417 g/mol. The van der Waals surface area contributed by atoms with Crippen LogP contribution in [-0.4, -0.2) is 45.6 Å². The molecule has 0 amide bonds. The molecule has 4 aliphatic carbocycles. The molecule has 5 rings (SSSR count).